The van der Waals surface area contributed by atoms with Crippen molar-refractivity contribution < 1.29 is 5.11 Å². The lowest BCUT2D eigenvalue weighted by Crippen LogP contribution is -2.42. The molecule has 70 valence electrons. The zero-order valence-corrected chi connectivity index (χ0v) is 7.83. The molecule has 1 aromatic carbocycles. The van der Waals surface area contributed by atoms with Crippen LogP contribution in [0.2, 0.25) is 0 Å². The second kappa shape index (κ2) is 3.48. The third-order valence-corrected chi connectivity index (χ3v) is 2.70. The van der Waals surface area contributed by atoms with Crippen molar-refractivity contribution in [3.8, 4) is 0 Å². The average molecular weight is 177 g/mol. The fraction of sp³-hybridized carbons (Fsp3) is 0.455. The Labute approximate surface area is 78.6 Å². The first-order valence-corrected chi connectivity index (χ1v) is 4.75. The summed E-state index contributed by atoms with van der Waals surface area (Å²) in [6.07, 6.45) is 0.668. The minimum absolute atomic E-state index is 0.218. The van der Waals surface area contributed by atoms with Gasteiger partial charge in [-0.15, -0.1) is 0 Å². The molecule has 13 heavy (non-hydrogen) atoms. The first kappa shape index (κ1) is 8.73. The molecule has 2 nitrogen and oxygen atoms in total. The lowest BCUT2D eigenvalue weighted by molar-refractivity contribution is 0.140. The minimum atomic E-state index is -0.270. The highest BCUT2D eigenvalue weighted by molar-refractivity contribution is 5.30. The molecule has 1 unspecified atom stereocenters. The van der Waals surface area contributed by atoms with E-state index in [0.29, 0.717) is 0 Å². The Morgan fingerprint density at radius 1 is 1.38 bits per heavy atom. The summed E-state index contributed by atoms with van der Waals surface area (Å²) >= 11 is 0. The molecule has 2 N–H and O–H groups in total. The van der Waals surface area contributed by atoms with Gasteiger partial charge in [0.25, 0.3) is 0 Å². The van der Waals surface area contributed by atoms with Gasteiger partial charge in [0.15, 0.2) is 0 Å². The van der Waals surface area contributed by atoms with E-state index in [1.165, 1.54) is 11.1 Å². The van der Waals surface area contributed by atoms with E-state index in [2.05, 4.69) is 29.6 Å². The Kier molecular flexibility index (Phi) is 2.34. The smallest absolute Gasteiger partial charge is 0.0668 e. The van der Waals surface area contributed by atoms with Crippen LogP contribution in [0.3, 0.4) is 0 Å². The third-order valence-electron chi connectivity index (χ3n) is 2.70. The molecule has 0 amide bonds. The summed E-state index contributed by atoms with van der Waals surface area (Å²) in [6, 6.07) is 8.62. The van der Waals surface area contributed by atoms with Crippen molar-refractivity contribution in [1.29, 1.82) is 0 Å². The number of hydrogen-bond acceptors (Lipinski definition) is 2. The number of aliphatic hydroxyl groups excluding tert-OH is 1. The lowest BCUT2D eigenvalue weighted by Gasteiger charge is -2.27. The first-order chi connectivity index (χ1) is 6.27. The Balaban J connectivity index is 2.20. The summed E-state index contributed by atoms with van der Waals surface area (Å²) in [6.45, 7) is 2.72. The highest BCUT2D eigenvalue weighted by atomic mass is 16.3. The van der Waals surface area contributed by atoms with E-state index >= 15 is 0 Å². The van der Waals surface area contributed by atoms with Crippen molar-refractivity contribution in [2.24, 2.45) is 0 Å². The summed E-state index contributed by atoms with van der Waals surface area (Å²) in [5.74, 6) is 0. The van der Waals surface area contributed by atoms with Gasteiger partial charge in [0, 0.05) is 12.6 Å². The van der Waals surface area contributed by atoms with Gasteiger partial charge < -0.3 is 10.4 Å². The van der Waals surface area contributed by atoms with Crippen LogP contribution in [0, 0.1) is 0 Å². The summed E-state index contributed by atoms with van der Waals surface area (Å²) in [7, 11) is 0. The first-order valence-electron chi connectivity index (χ1n) is 4.75. The van der Waals surface area contributed by atoms with Crippen LogP contribution in [0.25, 0.3) is 0 Å². The van der Waals surface area contributed by atoms with Gasteiger partial charge >= 0.3 is 0 Å². The molecule has 0 spiro atoms. The number of aliphatic hydroxyl groups is 1. The van der Waals surface area contributed by atoms with Crippen molar-refractivity contribution in [2.45, 2.75) is 32.0 Å². The number of nitrogens with one attached hydrogen (secondary N) is 1. The number of benzene rings is 1. The van der Waals surface area contributed by atoms with Crippen molar-refractivity contribution >= 4 is 0 Å². The number of fused-ring (bicyclic) bond motifs is 1. The van der Waals surface area contributed by atoms with E-state index in [4.69, 9.17) is 0 Å². The molecule has 0 aromatic heterocycles. The fourth-order valence-corrected chi connectivity index (χ4v) is 1.82. The zero-order chi connectivity index (χ0) is 9.26. The average Bonchev–Trinajstić information content (AvgIpc) is 2.17. The van der Waals surface area contributed by atoms with Crippen LogP contribution in [-0.2, 0) is 13.0 Å². The molecule has 1 aliphatic rings. The Morgan fingerprint density at radius 2 is 2.08 bits per heavy atom. The standard InChI is InChI=1S/C11H15NO/c1-8(13)11-6-9-4-2-3-5-10(9)7-12-11/h2-5,8,11-13H,6-7H2,1H3/t8?,11-/m0/s1. The van der Waals surface area contributed by atoms with Gasteiger partial charge in [-0.2, -0.15) is 0 Å². The monoisotopic (exact) mass is 177 g/mol. The van der Waals surface area contributed by atoms with Crippen LogP contribution >= 0.6 is 0 Å². The number of rotatable bonds is 1. The maximum atomic E-state index is 9.44. The highest BCUT2D eigenvalue weighted by Gasteiger charge is 2.20. The lowest BCUT2D eigenvalue weighted by atomic mass is 9.94. The van der Waals surface area contributed by atoms with Gasteiger partial charge in [-0.3, -0.25) is 0 Å². The van der Waals surface area contributed by atoms with E-state index in [1.807, 2.05) is 6.92 Å². The molecule has 1 aromatic rings. The summed E-state index contributed by atoms with van der Waals surface area (Å²) in [5, 5.41) is 12.8. The number of hydrogen-bond donors (Lipinski definition) is 2. The van der Waals surface area contributed by atoms with Crippen molar-refractivity contribution in [3.63, 3.8) is 0 Å². The van der Waals surface area contributed by atoms with Gasteiger partial charge in [0.05, 0.1) is 6.10 Å². The highest BCUT2D eigenvalue weighted by Crippen LogP contribution is 2.17. The Hall–Kier alpha value is -0.860. The van der Waals surface area contributed by atoms with Crippen molar-refractivity contribution in [1.82, 2.24) is 5.32 Å². The molecule has 1 heterocycles. The summed E-state index contributed by atoms with van der Waals surface area (Å²) < 4.78 is 0. The van der Waals surface area contributed by atoms with Gasteiger partial charge in [0.2, 0.25) is 0 Å². The zero-order valence-electron chi connectivity index (χ0n) is 7.83. The molecule has 2 rings (SSSR count). The van der Waals surface area contributed by atoms with Crippen LogP contribution in [0.15, 0.2) is 24.3 Å². The van der Waals surface area contributed by atoms with E-state index in [-0.39, 0.29) is 12.1 Å². The molecule has 0 saturated carbocycles. The quantitative estimate of drug-likeness (QED) is 0.673. The van der Waals surface area contributed by atoms with E-state index < -0.39 is 0 Å². The van der Waals surface area contributed by atoms with Crippen LogP contribution in [0.5, 0.6) is 0 Å². The molecular weight excluding hydrogens is 162 g/mol. The van der Waals surface area contributed by atoms with E-state index in [0.717, 1.165) is 13.0 Å². The summed E-state index contributed by atoms with van der Waals surface area (Å²) in [5.41, 5.74) is 2.73. The maximum absolute atomic E-state index is 9.44. The summed E-state index contributed by atoms with van der Waals surface area (Å²) in [4.78, 5) is 0. The molecule has 1 aliphatic heterocycles. The largest absolute Gasteiger partial charge is 0.392 e. The minimum Gasteiger partial charge on any atom is -0.392 e. The molecule has 0 radical (unpaired) electrons. The van der Waals surface area contributed by atoms with Crippen LogP contribution in [-0.4, -0.2) is 17.3 Å². The molecular formula is C11H15NO. The van der Waals surface area contributed by atoms with Crippen LogP contribution in [0.1, 0.15) is 18.1 Å². The Bertz CT molecular complexity index is 296. The van der Waals surface area contributed by atoms with E-state index in [9.17, 15) is 5.11 Å². The molecule has 0 aliphatic carbocycles. The molecule has 0 bridgehead atoms. The predicted molar refractivity (Wildman–Crippen MR) is 52.5 cm³/mol. The normalized spacial score (nSPS) is 23.7. The fourth-order valence-electron chi connectivity index (χ4n) is 1.82. The topological polar surface area (TPSA) is 32.3 Å². The molecule has 2 atom stereocenters. The van der Waals surface area contributed by atoms with Gasteiger partial charge in [-0.05, 0) is 24.5 Å². The van der Waals surface area contributed by atoms with Crippen molar-refractivity contribution in [3.05, 3.63) is 35.4 Å². The van der Waals surface area contributed by atoms with Crippen molar-refractivity contribution in [2.75, 3.05) is 0 Å². The molecule has 0 saturated heterocycles. The van der Waals surface area contributed by atoms with Gasteiger partial charge in [-0.1, -0.05) is 24.3 Å². The van der Waals surface area contributed by atoms with Crippen LogP contribution in [0.4, 0.5) is 0 Å². The van der Waals surface area contributed by atoms with Gasteiger partial charge in [-0.25, -0.2) is 0 Å². The second-order valence-corrected chi connectivity index (χ2v) is 3.70. The molecule has 0 fully saturated rings. The van der Waals surface area contributed by atoms with Crippen LogP contribution < -0.4 is 5.32 Å². The van der Waals surface area contributed by atoms with E-state index in [1.54, 1.807) is 0 Å². The SMILES string of the molecule is CC(O)[C@@H]1Cc2ccccc2CN1. The third kappa shape index (κ3) is 1.74. The van der Waals surface area contributed by atoms with Gasteiger partial charge in [0.1, 0.15) is 0 Å². The molecule has 2 heteroatoms. The second-order valence-electron chi connectivity index (χ2n) is 3.70. The Morgan fingerprint density at radius 3 is 2.77 bits per heavy atom. The predicted octanol–water partition coefficient (Wildman–Crippen LogP) is 1.08. The maximum Gasteiger partial charge on any atom is 0.0668 e.